The summed E-state index contributed by atoms with van der Waals surface area (Å²) >= 11 is -2.35. The minimum absolute atomic E-state index is 0.212. The van der Waals surface area contributed by atoms with E-state index in [1.807, 2.05) is 0 Å². The first kappa shape index (κ1) is 6.24. The van der Waals surface area contributed by atoms with E-state index in [-0.39, 0.29) is 6.08 Å². The highest BCUT2D eigenvalue weighted by Gasteiger charge is 2.00. The molecular weight excluding hydrogens is 146 g/mol. The second kappa shape index (κ2) is 2.60. The van der Waals surface area contributed by atoms with Gasteiger partial charge in [-0.25, -0.2) is 0 Å². The van der Waals surface area contributed by atoms with E-state index < -0.39 is 11.4 Å². The molecule has 1 atom stereocenters. The molecule has 1 aromatic rings. The predicted molar refractivity (Wildman–Crippen MR) is 27.9 cm³/mol. The molecule has 9 heavy (non-hydrogen) atoms. The molecule has 0 spiro atoms. The normalized spacial score (nSPS) is 13.0. The summed E-state index contributed by atoms with van der Waals surface area (Å²) in [6.45, 7) is 0. The molecular formula is C3H3NO4S. The van der Waals surface area contributed by atoms with Gasteiger partial charge in [-0.15, -0.1) is 0 Å². The molecule has 0 saturated carbocycles. The zero-order valence-electron chi connectivity index (χ0n) is 4.18. The van der Waals surface area contributed by atoms with Crippen molar-refractivity contribution in [1.29, 1.82) is 0 Å². The van der Waals surface area contributed by atoms with E-state index in [1.54, 1.807) is 0 Å². The van der Waals surface area contributed by atoms with Crippen LogP contribution in [0.2, 0.25) is 0 Å². The molecule has 5 nitrogen and oxygen atoms in total. The van der Waals surface area contributed by atoms with Gasteiger partial charge in [-0.1, -0.05) is 0 Å². The van der Waals surface area contributed by atoms with Crippen molar-refractivity contribution >= 4 is 11.4 Å². The fourth-order valence-corrected chi connectivity index (χ4v) is 0.517. The van der Waals surface area contributed by atoms with Gasteiger partial charge in [0.25, 0.3) is 0 Å². The van der Waals surface area contributed by atoms with Crippen molar-refractivity contribution in [3.63, 3.8) is 0 Å². The van der Waals surface area contributed by atoms with Crippen LogP contribution < -0.4 is 4.18 Å². The predicted octanol–water partition coefficient (Wildman–Crippen LogP) is 0.190. The Morgan fingerprint density at radius 2 is 2.67 bits per heavy atom. The van der Waals surface area contributed by atoms with Crippen LogP contribution in [0.15, 0.2) is 16.9 Å². The monoisotopic (exact) mass is 149 g/mol. The van der Waals surface area contributed by atoms with E-state index in [0.717, 1.165) is 0 Å². The SMILES string of the molecule is O=S(O)Oc1ncco1. The summed E-state index contributed by atoms with van der Waals surface area (Å²) in [5.74, 6) is 0. The van der Waals surface area contributed by atoms with E-state index in [9.17, 15) is 4.21 Å². The minimum Gasteiger partial charge on any atom is -0.417 e. The Bertz CT molecular complexity index is 196. The first-order valence-corrected chi connectivity index (χ1v) is 3.01. The smallest absolute Gasteiger partial charge is 0.409 e. The minimum atomic E-state index is -2.35. The lowest BCUT2D eigenvalue weighted by Crippen LogP contribution is -1.96. The van der Waals surface area contributed by atoms with Crippen molar-refractivity contribution in [2.45, 2.75) is 0 Å². The lowest BCUT2D eigenvalue weighted by molar-refractivity contribution is 0.358. The molecule has 0 radical (unpaired) electrons. The summed E-state index contributed by atoms with van der Waals surface area (Å²) in [6, 6.07) is 0. The topological polar surface area (TPSA) is 72.6 Å². The molecule has 1 heterocycles. The lowest BCUT2D eigenvalue weighted by Gasteiger charge is -1.87. The molecule has 0 bridgehead atoms. The number of aromatic nitrogens is 1. The van der Waals surface area contributed by atoms with Gasteiger partial charge in [-0.05, 0) is 0 Å². The van der Waals surface area contributed by atoms with Crippen LogP contribution in [0.1, 0.15) is 0 Å². The molecule has 0 aliphatic carbocycles. The van der Waals surface area contributed by atoms with Gasteiger partial charge in [0.05, 0.1) is 6.20 Å². The molecule has 0 aliphatic rings. The quantitative estimate of drug-likeness (QED) is 0.607. The largest absolute Gasteiger partial charge is 0.417 e. The molecule has 1 rings (SSSR count). The summed E-state index contributed by atoms with van der Waals surface area (Å²) in [5, 5.41) is 0. The summed E-state index contributed by atoms with van der Waals surface area (Å²) in [5.41, 5.74) is 0. The lowest BCUT2D eigenvalue weighted by atomic mass is 11.0. The van der Waals surface area contributed by atoms with E-state index in [1.165, 1.54) is 12.5 Å². The van der Waals surface area contributed by atoms with E-state index in [0.29, 0.717) is 0 Å². The van der Waals surface area contributed by atoms with Crippen molar-refractivity contribution in [3.05, 3.63) is 12.5 Å². The third kappa shape index (κ3) is 1.82. The maximum Gasteiger partial charge on any atom is 0.409 e. The van der Waals surface area contributed by atoms with Crippen LogP contribution in [0.25, 0.3) is 0 Å². The van der Waals surface area contributed by atoms with Crippen molar-refractivity contribution in [1.82, 2.24) is 4.98 Å². The van der Waals surface area contributed by atoms with Gasteiger partial charge in [0, 0.05) is 0 Å². The fourth-order valence-electron chi connectivity index (χ4n) is 0.312. The highest BCUT2D eigenvalue weighted by Crippen LogP contribution is 2.04. The Hall–Kier alpha value is -0.880. The highest BCUT2D eigenvalue weighted by molar-refractivity contribution is 7.74. The Labute approximate surface area is 53.1 Å². The Balaban J connectivity index is 2.58. The number of hydrogen-bond acceptors (Lipinski definition) is 4. The first-order valence-electron chi connectivity index (χ1n) is 1.97. The van der Waals surface area contributed by atoms with Crippen LogP contribution in [0.5, 0.6) is 6.08 Å². The van der Waals surface area contributed by atoms with Gasteiger partial charge in [0.15, 0.2) is 0 Å². The average Bonchev–Trinajstić information content (AvgIpc) is 2.15. The third-order valence-electron chi connectivity index (χ3n) is 0.552. The maximum absolute atomic E-state index is 9.86. The number of hydrogen-bond donors (Lipinski definition) is 1. The van der Waals surface area contributed by atoms with Gasteiger partial charge in [0.2, 0.25) is 0 Å². The summed E-state index contributed by atoms with van der Waals surface area (Å²) in [4.78, 5) is 3.41. The van der Waals surface area contributed by atoms with Gasteiger partial charge in [-0.2, -0.15) is 9.19 Å². The zero-order valence-corrected chi connectivity index (χ0v) is 5.00. The molecule has 0 amide bonds. The van der Waals surface area contributed by atoms with Crippen LogP contribution in [0.3, 0.4) is 0 Å². The van der Waals surface area contributed by atoms with Crippen LogP contribution in [-0.4, -0.2) is 13.7 Å². The van der Waals surface area contributed by atoms with Crippen LogP contribution in [0, 0.1) is 0 Å². The molecule has 0 fully saturated rings. The molecule has 0 saturated heterocycles. The van der Waals surface area contributed by atoms with Crippen LogP contribution >= 0.6 is 0 Å². The van der Waals surface area contributed by atoms with Crippen LogP contribution in [-0.2, 0) is 11.4 Å². The zero-order chi connectivity index (χ0) is 6.69. The second-order valence-corrected chi connectivity index (χ2v) is 1.70. The molecule has 1 aromatic heterocycles. The molecule has 0 aromatic carbocycles. The van der Waals surface area contributed by atoms with Gasteiger partial charge in [0.1, 0.15) is 6.26 Å². The third-order valence-corrected chi connectivity index (χ3v) is 0.837. The van der Waals surface area contributed by atoms with E-state index >= 15 is 0 Å². The number of nitrogens with zero attached hydrogens (tertiary/aromatic N) is 1. The van der Waals surface area contributed by atoms with E-state index in [2.05, 4.69) is 13.6 Å². The van der Waals surface area contributed by atoms with Crippen molar-refractivity contribution in [2.75, 3.05) is 0 Å². The highest BCUT2D eigenvalue weighted by atomic mass is 32.2. The van der Waals surface area contributed by atoms with Gasteiger partial charge < -0.3 is 8.60 Å². The number of oxazole rings is 1. The molecule has 1 unspecified atom stereocenters. The summed E-state index contributed by atoms with van der Waals surface area (Å²) in [6.07, 6.45) is 2.33. The summed E-state index contributed by atoms with van der Waals surface area (Å²) in [7, 11) is 0. The van der Waals surface area contributed by atoms with Crippen molar-refractivity contribution in [2.24, 2.45) is 0 Å². The van der Waals surface area contributed by atoms with Gasteiger partial charge in [-0.3, -0.25) is 4.55 Å². The molecule has 50 valence electrons. The van der Waals surface area contributed by atoms with Crippen molar-refractivity contribution < 1.29 is 17.4 Å². The standard InChI is InChI=1S/C3H3NO4S/c5-9(6)8-3-4-1-2-7-3/h1-2H,(H,5,6). The van der Waals surface area contributed by atoms with Crippen LogP contribution in [0.4, 0.5) is 0 Å². The van der Waals surface area contributed by atoms with Crippen molar-refractivity contribution in [3.8, 4) is 6.08 Å². The second-order valence-electron chi connectivity index (χ2n) is 1.10. The molecule has 6 heteroatoms. The average molecular weight is 149 g/mol. The Kier molecular flexibility index (Phi) is 1.81. The van der Waals surface area contributed by atoms with E-state index in [4.69, 9.17) is 4.55 Å². The number of rotatable bonds is 2. The molecule has 1 N–H and O–H groups in total. The molecule has 0 aliphatic heterocycles. The fraction of sp³-hybridized carbons (Fsp3) is 0. The Morgan fingerprint density at radius 3 is 3.11 bits per heavy atom. The Morgan fingerprint density at radius 1 is 1.89 bits per heavy atom. The first-order chi connectivity index (χ1) is 4.29. The van der Waals surface area contributed by atoms with Gasteiger partial charge >= 0.3 is 17.4 Å². The summed E-state index contributed by atoms with van der Waals surface area (Å²) < 4.78 is 26.5. The maximum atomic E-state index is 9.86.